The molecule has 0 aliphatic rings. The lowest BCUT2D eigenvalue weighted by molar-refractivity contribution is 0.0839. The standard InChI is InChI=1S/C24H34O7/c1-27-23-15-19(7-9-21(23)25)17-30-13-5-3-11-29-12-4-6-14-31-18-20-8-10-22(26)24(16-20)28-2/h7-10,15-16,25-26H,3-6,11-14,17-18H2,1-2H3. The minimum Gasteiger partial charge on any atom is -0.504 e. The van der Waals surface area contributed by atoms with Crippen molar-refractivity contribution in [1.29, 1.82) is 0 Å². The van der Waals surface area contributed by atoms with Crippen molar-refractivity contribution in [1.82, 2.24) is 0 Å². The molecule has 0 fully saturated rings. The van der Waals surface area contributed by atoms with Crippen molar-refractivity contribution < 1.29 is 33.9 Å². The molecule has 0 atom stereocenters. The second-order valence-electron chi connectivity index (χ2n) is 7.14. The van der Waals surface area contributed by atoms with Gasteiger partial charge in [-0.25, -0.2) is 0 Å². The van der Waals surface area contributed by atoms with Crippen molar-refractivity contribution in [3.05, 3.63) is 47.5 Å². The second kappa shape index (κ2) is 14.5. The summed E-state index contributed by atoms with van der Waals surface area (Å²) in [6, 6.07) is 10.4. The van der Waals surface area contributed by atoms with E-state index in [1.165, 1.54) is 14.2 Å². The Morgan fingerprint density at radius 3 is 1.35 bits per heavy atom. The SMILES string of the molecule is COc1cc(COCCCCOCCCCOCc2ccc(O)c(OC)c2)ccc1O. The summed E-state index contributed by atoms with van der Waals surface area (Å²) in [6.07, 6.45) is 3.79. The zero-order valence-electron chi connectivity index (χ0n) is 18.5. The molecule has 7 nitrogen and oxygen atoms in total. The summed E-state index contributed by atoms with van der Waals surface area (Å²) in [5, 5.41) is 19.2. The average molecular weight is 435 g/mol. The maximum absolute atomic E-state index is 9.58. The fourth-order valence-electron chi connectivity index (χ4n) is 2.92. The molecule has 0 unspecified atom stereocenters. The van der Waals surface area contributed by atoms with Gasteiger partial charge in [-0.2, -0.15) is 0 Å². The van der Waals surface area contributed by atoms with Gasteiger partial charge in [0, 0.05) is 26.4 Å². The van der Waals surface area contributed by atoms with Gasteiger partial charge in [-0.15, -0.1) is 0 Å². The molecule has 172 valence electrons. The van der Waals surface area contributed by atoms with Crippen molar-refractivity contribution in [2.45, 2.75) is 38.9 Å². The topological polar surface area (TPSA) is 86.6 Å². The quantitative estimate of drug-likeness (QED) is 0.378. The van der Waals surface area contributed by atoms with Crippen LogP contribution >= 0.6 is 0 Å². The van der Waals surface area contributed by atoms with Gasteiger partial charge in [0.05, 0.1) is 27.4 Å². The molecule has 2 aromatic rings. The molecule has 0 saturated carbocycles. The monoisotopic (exact) mass is 434 g/mol. The van der Waals surface area contributed by atoms with E-state index in [9.17, 15) is 10.2 Å². The van der Waals surface area contributed by atoms with Crippen LogP contribution in [0.2, 0.25) is 0 Å². The lowest BCUT2D eigenvalue weighted by Gasteiger charge is -2.09. The van der Waals surface area contributed by atoms with E-state index >= 15 is 0 Å². The Balaban J connectivity index is 1.40. The third-order valence-corrected chi connectivity index (χ3v) is 4.68. The summed E-state index contributed by atoms with van der Waals surface area (Å²) < 4.78 is 27.1. The van der Waals surface area contributed by atoms with Crippen molar-refractivity contribution in [3.8, 4) is 23.0 Å². The first-order valence-electron chi connectivity index (χ1n) is 10.6. The summed E-state index contributed by atoms with van der Waals surface area (Å²) in [5.74, 6) is 1.18. The van der Waals surface area contributed by atoms with Gasteiger partial charge in [-0.1, -0.05) is 12.1 Å². The number of rotatable bonds is 16. The molecule has 0 aliphatic carbocycles. The molecule has 0 aliphatic heterocycles. The van der Waals surface area contributed by atoms with Crippen molar-refractivity contribution in [2.24, 2.45) is 0 Å². The maximum atomic E-state index is 9.58. The van der Waals surface area contributed by atoms with Gasteiger partial charge in [0.25, 0.3) is 0 Å². The zero-order chi connectivity index (χ0) is 22.3. The van der Waals surface area contributed by atoms with Crippen LogP contribution < -0.4 is 9.47 Å². The van der Waals surface area contributed by atoms with Crippen LogP contribution in [-0.4, -0.2) is 50.9 Å². The number of ether oxygens (including phenoxy) is 5. The van der Waals surface area contributed by atoms with E-state index in [1.807, 2.05) is 12.1 Å². The van der Waals surface area contributed by atoms with Gasteiger partial charge in [-0.3, -0.25) is 0 Å². The number of methoxy groups -OCH3 is 2. The summed E-state index contributed by atoms with van der Waals surface area (Å²) in [7, 11) is 3.06. The maximum Gasteiger partial charge on any atom is 0.160 e. The Morgan fingerprint density at radius 2 is 0.968 bits per heavy atom. The average Bonchev–Trinajstić information content (AvgIpc) is 2.78. The molecule has 0 radical (unpaired) electrons. The number of unbranched alkanes of at least 4 members (excludes halogenated alkanes) is 2. The molecular weight excluding hydrogens is 400 g/mol. The molecule has 0 aromatic heterocycles. The van der Waals surface area contributed by atoms with Crippen molar-refractivity contribution >= 4 is 0 Å². The van der Waals surface area contributed by atoms with Gasteiger partial charge >= 0.3 is 0 Å². The Bertz CT molecular complexity index is 700. The molecule has 2 N–H and O–H groups in total. The van der Waals surface area contributed by atoms with Gasteiger partial charge in [0.15, 0.2) is 23.0 Å². The van der Waals surface area contributed by atoms with Crippen LogP contribution in [0.15, 0.2) is 36.4 Å². The summed E-state index contributed by atoms with van der Waals surface area (Å²) in [4.78, 5) is 0. The van der Waals surface area contributed by atoms with Gasteiger partial charge in [0.1, 0.15) is 0 Å². The number of hydrogen-bond donors (Lipinski definition) is 2. The largest absolute Gasteiger partial charge is 0.504 e. The van der Waals surface area contributed by atoms with E-state index in [2.05, 4.69) is 0 Å². The zero-order valence-corrected chi connectivity index (χ0v) is 18.5. The van der Waals surface area contributed by atoms with Crippen molar-refractivity contribution in [3.63, 3.8) is 0 Å². The third kappa shape index (κ3) is 9.46. The van der Waals surface area contributed by atoms with Crippen LogP contribution in [-0.2, 0) is 27.4 Å². The van der Waals surface area contributed by atoms with E-state index in [4.69, 9.17) is 23.7 Å². The molecule has 2 aromatic carbocycles. The number of benzene rings is 2. The minimum atomic E-state index is 0.132. The second-order valence-corrected chi connectivity index (χ2v) is 7.14. The first-order chi connectivity index (χ1) is 15.1. The van der Waals surface area contributed by atoms with E-state index in [0.717, 1.165) is 50.0 Å². The summed E-state index contributed by atoms with van der Waals surface area (Å²) >= 11 is 0. The van der Waals surface area contributed by atoms with E-state index in [0.29, 0.717) is 37.9 Å². The molecule has 0 saturated heterocycles. The van der Waals surface area contributed by atoms with Crippen molar-refractivity contribution in [2.75, 3.05) is 40.6 Å². The number of aromatic hydroxyl groups is 2. The highest BCUT2D eigenvalue weighted by molar-refractivity contribution is 5.42. The third-order valence-electron chi connectivity index (χ3n) is 4.68. The predicted octanol–water partition coefficient (Wildman–Crippen LogP) is 4.43. The van der Waals surface area contributed by atoms with Crippen LogP contribution in [0.25, 0.3) is 0 Å². The summed E-state index contributed by atoms with van der Waals surface area (Å²) in [6.45, 7) is 3.78. The number of phenols is 2. The fraction of sp³-hybridized carbons (Fsp3) is 0.500. The van der Waals surface area contributed by atoms with E-state index in [1.54, 1.807) is 24.3 Å². The predicted molar refractivity (Wildman–Crippen MR) is 118 cm³/mol. The smallest absolute Gasteiger partial charge is 0.160 e. The molecular formula is C24H34O7. The molecule has 0 amide bonds. The molecule has 0 bridgehead atoms. The number of phenolic OH excluding ortho intramolecular Hbond substituents is 2. The van der Waals surface area contributed by atoms with E-state index < -0.39 is 0 Å². The Labute approximate surface area is 184 Å². The molecule has 0 spiro atoms. The Morgan fingerprint density at radius 1 is 0.581 bits per heavy atom. The minimum absolute atomic E-state index is 0.132. The lowest BCUT2D eigenvalue weighted by atomic mass is 10.2. The molecule has 2 rings (SSSR count). The van der Waals surface area contributed by atoms with Gasteiger partial charge in [0.2, 0.25) is 0 Å². The van der Waals surface area contributed by atoms with Crippen LogP contribution in [0, 0.1) is 0 Å². The van der Waals surface area contributed by atoms with Crippen LogP contribution in [0.3, 0.4) is 0 Å². The summed E-state index contributed by atoms with van der Waals surface area (Å²) in [5.41, 5.74) is 1.94. The highest BCUT2D eigenvalue weighted by Crippen LogP contribution is 2.27. The van der Waals surface area contributed by atoms with Crippen LogP contribution in [0.1, 0.15) is 36.8 Å². The Kier molecular flexibility index (Phi) is 11.6. The fourth-order valence-corrected chi connectivity index (χ4v) is 2.92. The van der Waals surface area contributed by atoms with Gasteiger partial charge < -0.3 is 33.9 Å². The van der Waals surface area contributed by atoms with E-state index in [-0.39, 0.29) is 11.5 Å². The molecule has 0 heterocycles. The molecule has 7 heteroatoms. The normalized spacial score (nSPS) is 10.9. The van der Waals surface area contributed by atoms with Crippen LogP contribution in [0.4, 0.5) is 0 Å². The van der Waals surface area contributed by atoms with Gasteiger partial charge in [-0.05, 0) is 61.1 Å². The Hall–Kier alpha value is -2.48. The lowest BCUT2D eigenvalue weighted by Crippen LogP contribution is -2.02. The first-order valence-corrected chi connectivity index (χ1v) is 10.6. The highest BCUT2D eigenvalue weighted by Gasteiger charge is 2.04. The first kappa shape index (κ1) is 24.8. The molecule has 31 heavy (non-hydrogen) atoms. The number of hydrogen-bond acceptors (Lipinski definition) is 7. The van der Waals surface area contributed by atoms with Crippen LogP contribution in [0.5, 0.6) is 23.0 Å². The highest BCUT2D eigenvalue weighted by atomic mass is 16.5.